The molecule has 0 bridgehead atoms. The van der Waals surface area contributed by atoms with Crippen molar-refractivity contribution in [2.75, 3.05) is 6.54 Å². The fourth-order valence-corrected chi connectivity index (χ4v) is 1.60. The maximum Gasteiger partial charge on any atom is 0.250 e. The van der Waals surface area contributed by atoms with Gasteiger partial charge in [-0.25, -0.2) is 4.98 Å². The van der Waals surface area contributed by atoms with Crippen molar-refractivity contribution in [3.63, 3.8) is 0 Å². The van der Waals surface area contributed by atoms with Crippen LogP contribution in [0.4, 0.5) is 0 Å². The lowest BCUT2D eigenvalue weighted by molar-refractivity contribution is 0.1000. The van der Waals surface area contributed by atoms with Gasteiger partial charge in [-0.1, -0.05) is 12.1 Å². The van der Waals surface area contributed by atoms with E-state index in [-0.39, 0.29) is 0 Å². The minimum Gasteiger partial charge on any atom is -0.439 e. The van der Waals surface area contributed by atoms with Gasteiger partial charge in [0, 0.05) is 12.3 Å². The first-order chi connectivity index (χ1) is 9.19. The van der Waals surface area contributed by atoms with E-state index in [0.717, 1.165) is 12.0 Å². The lowest BCUT2D eigenvalue weighted by Crippen LogP contribution is -2.10. The van der Waals surface area contributed by atoms with Crippen LogP contribution in [0.15, 0.2) is 42.6 Å². The topological polar surface area (TPSA) is 91.2 Å². The first-order valence-electron chi connectivity index (χ1n) is 5.92. The molecule has 0 aliphatic carbocycles. The normalized spacial score (nSPS) is 10.2. The molecular formula is C14H15N3O2. The third kappa shape index (κ3) is 3.53. The minimum absolute atomic E-state index is 0.352. The van der Waals surface area contributed by atoms with Crippen LogP contribution in [-0.2, 0) is 6.42 Å². The van der Waals surface area contributed by atoms with E-state index < -0.39 is 5.91 Å². The second kappa shape index (κ2) is 5.97. The Morgan fingerprint density at radius 1 is 1.16 bits per heavy atom. The van der Waals surface area contributed by atoms with E-state index in [1.807, 2.05) is 24.3 Å². The van der Waals surface area contributed by atoms with Crippen LogP contribution in [0.5, 0.6) is 11.6 Å². The van der Waals surface area contributed by atoms with Crippen LogP contribution in [0.3, 0.4) is 0 Å². The predicted octanol–water partition coefficient (Wildman–Crippen LogP) is 1.47. The zero-order valence-electron chi connectivity index (χ0n) is 10.4. The van der Waals surface area contributed by atoms with Gasteiger partial charge in [-0.15, -0.1) is 0 Å². The van der Waals surface area contributed by atoms with E-state index in [2.05, 4.69) is 4.98 Å². The number of nitrogens with zero attached hydrogens (tertiary/aromatic N) is 1. The highest BCUT2D eigenvalue weighted by Gasteiger charge is 2.03. The van der Waals surface area contributed by atoms with Gasteiger partial charge in [0.15, 0.2) is 0 Å². The Hall–Kier alpha value is -2.40. The molecule has 5 nitrogen and oxygen atoms in total. The molecular weight excluding hydrogens is 242 g/mol. The highest BCUT2D eigenvalue weighted by molar-refractivity contribution is 5.92. The standard InChI is InChI=1S/C14H15N3O2/c15-8-7-10-1-4-12(5-2-10)19-13-6-3-11(9-17-13)14(16)18/h1-6,9H,7-8,15H2,(H2,16,18). The summed E-state index contributed by atoms with van der Waals surface area (Å²) >= 11 is 0. The Labute approximate surface area is 111 Å². The van der Waals surface area contributed by atoms with Crippen LogP contribution in [0.2, 0.25) is 0 Å². The fourth-order valence-electron chi connectivity index (χ4n) is 1.60. The molecule has 0 aliphatic heterocycles. The maximum atomic E-state index is 10.9. The van der Waals surface area contributed by atoms with Gasteiger partial charge in [0.25, 0.3) is 0 Å². The monoisotopic (exact) mass is 257 g/mol. The second-order valence-electron chi connectivity index (χ2n) is 4.03. The van der Waals surface area contributed by atoms with Crippen LogP contribution in [-0.4, -0.2) is 17.4 Å². The number of hydrogen-bond donors (Lipinski definition) is 2. The third-order valence-electron chi connectivity index (χ3n) is 2.60. The van der Waals surface area contributed by atoms with E-state index >= 15 is 0 Å². The molecule has 2 aromatic rings. The molecule has 1 heterocycles. The van der Waals surface area contributed by atoms with E-state index in [1.165, 1.54) is 6.20 Å². The number of hydrogen-bond acceptors (Lipinski definition) is 4. The summed E-state index contributed by atoms with van der Waals surface area (Å²) in [4.78, 5) is 14.9. The first kappa shape index (κ1) is 13.0. The Morgan fingerprint density at radius 3 is 2.42 bits per heavy atom. The van der Waals surface area contributed by atoms with Crippen molar-refractivity contribution in [2.24, 2.45) is 11.5 Å². The van der Waals surface area contributed by atoms with Crippen molar-refractivity contribution in [1.29, 1.82) is 0 Å². The van der Waals surface area contributed by atoms with Gasteiger partial charge < -0.3 is 16.2 Å². The number of pyridine rings is 1. The molecule has 98 valence electrons. The molecule has 19 heavy (non-hydrogen) atoms. The van der Waals surface area contributed by atoms with Gasteiger partial charge in [-0.05, 0) is 36.7 Å². The molecule has 0 aliphatic rings. The van der Waals surface area contributed by atoms with Gasteiger partial charge in [0.05, 0.1) is 5.56 Å². The van der Waals surface area contributed by atoms with Crippen LogP contribution in [0, 0.1) is 0 Å². The quantitative estimate of drug-likeness (QED) is 0.848. The Morgan fingerprint density at radius 2 is 1.89 bits per heavy atom. The molecule has 4 N–H and O–H groups in total. The van der Waals surface area contributed by atoms with Gasteiger partial charge in [-0.2, -0.15) is 0 Å². The average Bonchev–Trinajstić information content (AvgIpc) is 2.42. The molecule has 1 amide bonds. The zero-order chi connectivity index (χ0) is 13.7. The first-order valence-corrected chi connectivity index (χ1v) is 5.92. The van der Waals surface area contributed by atoms with Gasteiger partial charge in [0.2, 0.25) is 11.8 Å². The lowest BCUT2D eigenvalue weighted by atomic mass is 10.1. The van der Waals surface area contributed by atoms with E-state index in [0.29, 0.717) is 23.7 Å². The number of aromatic nitrogens is 1. The zero-order valence-corrected chi connectivity index (χ0v) is 10.4. The average molecular weight is 257 g/mol. The Kier molecular flexibility index (Phi) is 4.10. The summed E-state index contributed by atoms with van der Waals surface area (Å²) in [6, 6.07) is 10.8. The molecule has 0 spiro atoms. The summed E-state index contributed by atoms with van der Waals surface area (Å²) in [5.41, 5.74) is 12.1. The van der Waals surface area contributed by atoms with E-state index in [4.69, 9.17) is 16.2 Å². The molecule has 1 aromatic carbocycles. The van der Waals surface area contributed by atoms with Crippen molar-refractivity contribution in [3.05, 3.63) is 53.7 Å². The summed E-state index contributed by atoms with van der Waals surface area (Å²) in [6.45, 7) is 0.621. The largest absolute Gasteiger partial charge is 0.439 e. The summed E-state index contributed by atoms with van der Waals surface area (Å²) in [6.07, 6.45) is 2.23. The summed E-state index contributed by atoms with van der Waals surface area (Å²) in [5, 5.41) is 0. The Bertz CT molecular complexity index is 550. The smallest absolute Gasteiger partial charge is 0.250 e. The summed E-state index contributed by atoms with van der Waals surface area (Å²) in [7, 11) is 0. The number of rotatable bonds is 5. The van der Waals surface area contributed by atoms with Crippen LogP contribution in [0.25, 0.3) is 0 Å². The van der Waals surface area contributed by atoms with E-state index in [9.17, 15) is 4.79 Å². The minimum atomic E-state index is -0.509. The highest BCUT2D eigenvalue weighted by atomic mass is 16.5. The SMILES string of the molecule is NCCc1ccc(Oc2ccc(C(N)=O)cn2)cc1. The highest BCUT2D eigenvalue weighted by Crippen LogP contribution is 2.19. The summed E-state index contributed by atoms with van der Waals surface area (Å²) in [5.74, 6) is 0.585. The number of amides is 1. The van der Waals surface area contributed by atoms with Crippen molar-refractivity contribution >= 4 is 5.91 Å². The van der Waals surface area contributed by atoms with Crippen LogP contribution < -0.4 is 16.2 Å². The van der Waals surface area contributed by atoms with Gasteiger partial charge >= 0.3 is 0 Å². The van der Waals surface area contributed by atoms with Crippen LogP contribution in [0.1, 0.15) is 15.9 Å². The molecule has 2 rings (SSSR count). The van der Waals surface area contributed by atoms with Gasteiger partial charge in [-0.3, -0.25) is 4.79 Å². The molecule has 0 atom stereocenters. The molecule has 0 radical (unpaired) electrons. The molecule has 0 saturated carbocycles. The number of benzene rings is 1. The fraction of sp³-hybridized carbons (Fsp3) is 0.143. The number of carbonyl (C=O) groups is 1. The van der Waals surface area contributed by atoms with Crippen molar-refractivity contribution in [2.45, 2.75) is 6.42 Å². The molecule has 0 saturated heterocycles. The predicted molar refractivity (Wildman–Crippen MR) is 72.0 cm³/mol. The molecule has 5 heteroatoms. The number of nitrogens with two attached hydrogens (primary N) is 2. The van der Waals surface area contributed by atoms with Crippen molar-refractivity contribution in [1.82, 2.24) is 4.98 Å². The molecule has 0 fully saturated rings. The maximum absolute atomic E-state index is 10.9. The lowest BCUT2D eigenvalue weighted by Gasteiger charge is -2.06. The van der Waals surface area contributed by atoms with Crippen molar-refractivity contribution in [3.8, 4) is 11.6 Å². The second-order valence-corrected chi connectivity index (χ2v) is 4.03. The molecule has 0 unspecified atom stereocenters. The summed E-state index contributed by atoms with van der Waals surface area (Å²) < 4.78 is 5.55. The Balaban J connectivity index is 2.06. The number of carbonyl (C=O) groups excluding carboxylic acids is 1. The number of primary amides is 1. The molecule has 1 aromatic heterocycles. The van der Waals surface area contributed by atoms with Crippen LogP contribution >= 0.6 is 0 Å². The van der Waals surface area contributed by atoms with E-state index in [1.54, 1.807) is 12.1 Å². The van der Waals surface area contributed by atoms with Crippen molar-refractivity contribution < 1.29 is 9.53 Å². The van der Waals surface area contributed by atoms with Gasteiger partial charge in [0.1, 0.15) is 5.75 Å². The number of ether oxygens (including phenoxy) is 1. The third-order valence-corrected chi connectivity index (χ3v) is 2.60.